The van der Waals surface area contributed by atoms with Gasteiger partial charge in [-0.25, -0.2) is 0 Å². The molecule has 0 saturated heterocycles. The Hall–Kier alpha value is -2.30. The third kappa shape index (κ3) is 3.30. The molecule has 24 heavy (non-hydrogen) atoms. The van der Waals surface area contributed by atoms with Gasteiger partial charge in [0.2, 0.25) is 0 Å². The summed E-state index contributed by atoms with van der Waals surface area (Å²) in [6.45, 7) is 2.04. The average Bonchev–Trinajstić information content (AvgIpc) is 2.53. The SMILES string of the molecule is Cc1cccc2cc(CNC(=O)c3ccc(Cl)cc3Cl)c(=O)[nH]c12. The van der Waals surface area contributed by atoms with Gasteiger partial charge in [-0.05, 0) is 42.1 Å². The monoisotopic (exact) mass is 360 g/mol. The maximum absolute atomic E-state index is 12.2. The Morgan fingerprint density at radius 3 is 2.71 bits per heavy atom. The molecule has 3 aromatic rings. The van der Waals surface area contributed by atoms with Crippen LogP contribution in [0, 0.1) is 6.92 Å². The number of aryl methyl sites for hydroxylation is 1. The Balaban J connectivity index is 1.84. The van der Waals surface area contributed by atoms with Crippen molar-refractivity contribution in [3.8, 4) is 0 Å². The molecule has 6 heteroatoms. The van der Waals surface area contributed by atoms with Crippen molar-refractivity contribution < 1.29 is 4.79 Å². The van der Waals surface area contributed by atoms with Crippen molar-refractivity contribution in [2.24, 2.45) is 0 Å². The van der Waals surface area contributed by atoms with Crippen LogP contribution in [-0.4, -0.2) is 10.9 Å². The molecule has 0 radical (unpaired) electrons. The van der Waals surface area contributed by atoms with Crippen LogP contribution >= 0.6 is 23.2 Å². The van der Waals surface area contributed by atoms with E-state index in [-0.39, 0.29) is 23.0 Å². The number of aromatic amines is 1. The number of rotatable bonds is 3. The third-order valence-electron chi connectivity index (χ3n) is 3.78. The Bertz CT molecular complexity index is 996. The number of amides is 1. The largest absolute Gasteiger partial charge is 0.348 e. The average molecular weight is 361 g/mol. The van der Waals surface area contributed by atoms with E-state index >= 15 is 0 Å². The van der Waals surface area contributed by atoms with Gasteiger partial charge in [-0.1, -0.05) is 41.4 Å². The molecule has 3 rings (SSSR count). The Morgan fingerprint density at radius 2 is 1.96 bits per heavy atom. The standard InChI is InChI=1S/C18H14Cl2N2O2/c1-10-3-2-4-11-7-12(17(23)22-16(10)11)9-21-18(24)14-6-5-13(19)8-15(14)20/h2-8H,9H2,1H3,(H,21,24)(H,22,23). The lowest BCUT2D eigenvalue weighted by Gasteiger charge is -2.08. The second kappa shape index (κ2) is 6.67. The first-order valence-corrected chi connectivity index (χ1v) is 8.06. The van der Waals surface area contributed by atoms with E-state index in [4.69, 9.17) is 23.2 Å². The molecule has 2 aromatic carbocycles. The van der Waals surface area contributed by atoms with E-state index in [0.717, 1.165) is 16.5 Å². The van der Waals surface area contributed by atoms with Gasteiger partial charge in [0.25, 0.3) is 11.5 Å². The molecule has 0 aliphatic heterocycles. The van der Waals surface area contributed by atoms with E-state index in [0.29, 0.717) is 16.1 Å². The molecule has 1 amide bonds. The second-order valence-electron chi connectivity index (χ2n) is 5.47. The maximum atomic E-state index is 12.2. The van der Waals surface area contributed by atoms with Gasteiger partial charge in [-0.2, -0.15) is 0 Å². The van der Waals surface area contributed by atoms with E-state index in [9.17, 15) is 9.59 Å². The van der Waals surface area contributed by atoms with Gasteiger partial charge in [0.05, 0.1) is 16.1 Å². The van der Waals surface area contributed by atoms with Gasteiger partial charge >= 0.3 is 0 Å². The van der Waals surface area contributed by atoms with E-state index in [1.165, 1.54) is 6.07 Å². The summed E-state index contributed by atoms with van der Waals surface area (Å²) in [4.78, 5) is 27.3. The highest BCUT2D eigenvalue weighted by molar-refractivity contribution is 6.36. The molecule has 1 aromatic heterocycles. The van der Waals surface area contributed by atoms with E-state index < -0.39 is 0 Å². The molecule has 0 fully saturated rings. The number of pyridine rings is 1. The van der Waals surface area contributed by atoms with Gasteiger partial charge in [0.15, 0.2) is 0 Å². The summed E-state index contributed by atoms with van der Waals surface area (Å²) in [5, 5.41) is 4.35. The van der Waals surface area contributed by atoms with Crippen LogP contribution in [0.15, 0.2) is 47.3 Å². The number of carbonyl (C=O) groups is 1. The predicted molar refractivity (Wildman–Crippen MR) is 96.9 cm³/mol. The van der Waals surface area contributed by atoms with Crippen LogP contribution in [0.2, 0.25) is 10.0 Å². The van der Waals surface area contributed by atoms with Gasteiger partial charge in [-0.3, -0.25) is 9.59 Å². The highest BCUT2D eigenvalue weighted by Gasteiger charge is 2.12. The summed E-state index contributed by atoms with van der Waals surface area (Å²) < 4.78 is 0. The fourth-order valence-corrected chi connectivity index (χ4v) is 3.00. The lowest BCUT2D eigenvalue weighted by Crippen LogP contribution is -2.27. The molecular weight excluding hydrogens is 347 g/mol. The van der Waals surface area contributed by atoms with Crippen LogP contribution in [0.25, 0.3) is 10.9 Å². The molecular formula is C18H14Cl2N2O2. The molecule has 0 spiro atoms. The normalized spacial score (nSPS) is 10.8. The van der Waals surface area contributed by atoms with Crippen LogP contribution in [0.1, 0.15) is 21.5 Å². The fourth-order valence-electron chi connectivity index (χ4n) is 2.50. The van der Waals surface area contributed by atoms with Crippen molar-refractivity contribution in [1.29, 1.82) is 0 Å². The molecule has 0 unspecified atom stereocenters. The van der Waals surface area contributed by atoms with Gasteiger partial charge in [0, 0.05) is 17.1 Å². The van der Waals surface area contributed by atoms with Crippen LogP contribution in [-0.2, 0) is 6.54 Å². The van der Waals surface area contributed by atoms with Crippen LogP contribution in [0.4, 0.5) is 0 Å². The molecule has 4 nitrogen and oxygen atoms in total. The number of hydrogen-bond donors (Lipinski definition) is 2. The number of H-pyrrole nitrogens is 1. The van der Waals surface area contributed by atoms with Gasteiger partial charge < -0.3 is 10.3 Å². The van der Waals surface area contributed by atoms with E-state index in [1.807, 2.05) is 25.1 Å². The van der Waals surface area contributed by atoms with Gasteiger partial charge in [0.1, 0.15) is 0 Å². The zero-order chi connectivity index (χ0) is 17.3. The molecule has 1 heterocycles. The summed E-state index contributed by atoms with van der Waals surface area (Å²) in [5.41, 5.74) is 2.37. The lowest BCUT2D eigenvalue weighted by atomic mass is 10.1. The van der Waals surface area contributed by atoms with Crippen LogP contribution in [0.3, 0.4) is 0 Å². The van der Waals surface area contributed by atoms with E-state index in [2.05, 4.69) is 10.3 Å². The smallest absolute Gasteiger partial charge is 0.253 e. The van der Waals surface area contributed by atoms with Crippen molar-refractivity contribution in [3.63, 3.8) is 0 Å². The summed E-state index contributed by atoms with van der Waals surface area (Å²) in [7, 11) is 0. The minimum atomic E-state index is -0.361. The number of carbonyl (C=O) groups excluding carboxylic acids is 1. The molecule has 122 valence electrons. The Kier molecular flexibility index (Phi) is 4.60. The number of fused-ring (bicyclic) bond motifs is 1. The highest BCUT2D eigenvalue weighted by Crippen LogP contribution is 2.21. The Morgan fingerprint density at radius 1 is 1.17 bits per heavy atom. The number of aromatic nitrogens is 1. The van der Waals surface area contributed by atoms with Crippen molar-refractivity contribution in [2.45, 2.75) is 13.5 Å². The number of hydrogen-bond acceptors (Lipinski definition) is 2. The summed E-state index contributed by atoms with van der Waals surface area (Å²) in [6, 6.07) is 12.2. The van der Waals surface area contributed by atoms with E-state index in [1.54, 1.807) is 18.2 Å². The number of nitrogens with one attached hydrogen (secondary N) is 2. The Labute approximate surface area is 148 Å². The lowest BCUT2D eigenvalue weighted by molar-refractivity contribution is 0.0951. The van der Waals surface area contributed by atoms with Crippen LogP contribution < -0.4 is 10.9 Å². The minimum Gasteiger partial charge on any atom is -0.348 e. The molecule has 0 bridgehead atoms. The second-order valence-corrected chi connectivity index (χ2v) is 6.31. The summed E-state index contributed by atoms with van der Waals surface area (Å²) in [6.07, 6.45) is 0. The van der Waals surface area contributed by atoms with Crippen molar-refractivity contribution in [1.82, 2.24) is 10.3 Å². The zero-order valence-corrected chi connectivity index (χ0v) is 14.3. The maximum Gasteiger partial charge on any atom is 0.253 e. The predicted octanol–water partition coefficient (Wildman–Crippen LogP) is 4.07. The molecule has 2 N–H and O–H groups in total. The molecule has 0 saturated carbocycles. The quantitative estimate of drug-likeness (QED) is 0.739. The zero-order valence-electron chi connectivity index (χ0n) is 12.8. The summed E-state index contributed by atoms with van der Waals surface area (Å²) >= 11 is 11.8. The number of halogens is 2. The van der Waals surface area contributed by atoms with Gasteiger partial charge in [-0.15, -0.1) is 0 Å². The highest BCUT2D eigenvalue weighted by atomic mass is 35.5. The number of para-hydroxylation sites is 1. The van der Waals surface area contributed by atoms with Crippen molar-refractivity contribution in [3.05, 3.63) is 79.6 Å². The van der Waals surface area contributed by atoms with Crippen LogP contribution in [0.5, 0.6) is 0 Å². The third-order valence-corrected chi connectivity index (χ3v) is 4.33. The molecule has 0 aliphatic rings. The first kappa shape index (κ1) is 16.6. The minimum absolute atomic E-state index is 0.108. The van der Waals surface area contributed by atoms with Crippen molar-refractivity contribution >= 4 is 40.0 Å². The fraction of sp³-hybridized carbons (Fsp3) is 0.111. The first-order valence-electron chi connectivity index (χ1n) is 7.30. The topological polar surface area (TPSA) is 62.0 Å². The van der Waals surface area contributed by atoms with Crippen molar-refractivity contribution in [2.75, 3.05) is 0 Å². The summed E-state index contributed by atoms with van der Waals surface area (Å²) in [5.74, 6) is -0.361. The molecule has 0 atom stereocenters. The molecule has 0 aliphatic carbocycles. The number of benzene rings is 2. The first-order chi connectivity index (χ1) is 11.5.